The Balaban J connectivity index is 1.56. The van der Waals surface area contributed by atoms with Crippen LogP contribution in [0.1, 0.15) is 29.5 Å². The first-order valence-corrected chi connectivity index (χ1v) is 11.8. The number of oxazole rings is 1. The first-order valence-electron chi connectivity index (χ1n) is 10.0. The Hall–Kier alpha value is -3.00. The molecule has 8 heteroatoms. The molecule has 1 N–H and O–H groups in total. The number of nitrogens with one attached hydrogen (secondary N) is 1. The van der Waals surface area contributed by atoms with Crippen LogP contribution in [0.5, 0.6) is 0 Å². The smallest absolute Gasteiger partial charge is 0.235 e. The third kappa shape index (κ3) is 6.49. The number of aryl methyl sites for hydroxylation is 2. The summed E-state index contributed by atoms with van der Waals surface area (Å²) in [6.45, 7) is 3.98. The fourth-order valence-corrected chi connectivity index (χ4v) is 4.36. The first-order chi connectivity index (χ1) is 14.8. The van der Waals surface area contributed by atoms with Gasteiger partial charge in [-0.05, 0) is 55.2 Å². The van der Waals surface area contributed by atoms with Crippen LogP contribution < -0.4 is 5.32 Å². The molecular formula is C23H25FN2O4S. The average Bonchev–Trinajstić information content (AvgIpc) is 3.08. The summed E-state index contributed by atoms with van der Waals surface area (Å²) in [6.07, 6.45) is 1.40. The van der Waals surface area contributed by atoms with Crippen LogP contribution >= 0.6 is 0 Å². The average molecular weight is 445 g/mol. The van der Waals surface area contributed by atoms with E-state index in [1.54, 1.807) is 19.1 Å². The number of rotatable bonds is 9. The van der Waals surface area contributed by atoms with Crippen molar-refractivity contribution in [2.24, 2.45) is 0 Å². The zero-order chi connectivity index (χ0) is 22.4. The quantitative estimate of drug-likeness (QED) is 0.544. The number of amides is 1. The van der Waals surface area contributed by atoms with Crippen molar-refractivity contribution in [1.29, 1.82) is 0 Å². The number of aromatic nitrogens is 1. The van der Waals surface area contributed by atoms with Crippen LogP contribution in [0.3, 0.4) is 0 Å². The lowest BCUT2D eigenvalue weighted by atomic mass is 10.1. The summed E-state index contributed by atoms with van der Waals surface area (Å²) in [5, 5.41) is 2.59. The van der Waals surface area contributed by atoms with Gasteiger partial charge in [-0.1, -0.05) is 31.2 Å². The van der Waals surface area contributed by atoms with Gasteiger partial charge in [0.05, 0.1) is 11.4 Å². The second-order valence-corrected chi connectivity index (χ2v) is 9.40. The van der Waals surface area contributed by atoms with E-state index < -0.39 is 21.5 Å². The summed E-state index contributed by atoms with van der Waals surface area (Å²) in [5.74, 6) is -1.16. The number of benzene rings is 2. The number of hydrogen-bond acceptors (Lipinski definition) is 5. The summed E-state index contributed by atoms with van der Waals surface area (Å²) in [4.78, 5) is 16.4. The highest BCUT2D eigenvalue weighted by Crippen LogP contribution is 2.23. The number of carbonyl (C=O) groups is 1. The molecule has 0 spiro atoms. The first kappa shape index (κ1) is 22.7. The molecule has 0 aliphatic carbocycles. The zero-order valence-electron chi connectivity index (χ0n) is 17.5. The van der Waals surface area contributed by atoms with Gasteiger partial charge >= 0.3 is 0 Å². The van der Waals surface area contributed by atoms with Crippen molar-refractivity contribution in [2.45, 2.75) is 32.4 Å². The molecule has 0 aliphatic rings. The van der Waals surface area contributed by atoms with Crippen molar-refractivity contribution < 1.29 is 22.0 Å². The van der Waals surface area contributed by atoms with E-state index in [2.05, 4.69) is 17.2 Å². The van der Waals surface area contributed by atoms with Gasteiger partial charge in [0.15, 0.2) is 9.84 Å². The molecule has 0 bridgehead atoms. The largest absolute Gasteiger partial charge is 0.441 e. The van der Waals surface area contributed by atoms with Crippen molar-refractivity contribution in [3.8, 4) is 11.5 Å². The predicted molar refractivity (Wildman–Crippen MR) is 117 cm³/mol. The van der Waals surface area contributed by atoms with E-state index in [4.69, 9.17) is 4.42 Å². The Morgan fingerprint density at radius 3 is 2.35 bits per heavy atom. The lowest BCUT2D eigenvalue weighted by Crippen LogP contribution is -2.32. The van der Waals surface area contributed by atoms with Gasteiger partial charge in [-0.2, -0.15) is 0 Å². The lowest BCUT2D eigenvalue weighted by molar-refractivity contribution is -0.118. The molecule has 1 aromatic heterocycles. The van der Waals surface area contributed by atoms with Gasteiger partial charge in [-0.25, -0.2) is 17.8 Å². The molecule has 6 nitrogen and oxygen atoms in total. The maximum Gasteiger partial charge on any atom is 0.235 e. The Morgan fingerprint density at radius 1 is 1.06 bits per heavy atom. The Morgan fingerprint density at radius 2 is 1.71 bits per heavy atom. The third-order valence-electron chi connectivity index (χ3n) is 4.86. The standard InChI is InChI=1S/C23H25FN2O4S/c1-3-17-4-8-19(9-5-17)23-26-21(16(2)30-23)14-31(28,29)15-22(27)25-13-12-18-6-10-20(24)11-7-18/h4-11H,3,12-15H2,1-2H3,(H,25,27). The molecule has 1 amide bonds. The van der Waals surface area contributed by atoms with E-state index >= 15 is 0 Å². The molecule has 1 heterocycles. The Bertz CT molecular complexity index is 1140. The minimum Gasteiger partial charge on any atom is -0.441 e. The van der Waals surface area contributed by atoms with Gasteiger partial charge in [0, 0.05) is 12.1 Å². The van der Waals surface area contributed by atoms with Gasteiger partial charge in [0.1, 0.15) is 17.3 Å². The van der Waals surface area contributed by atoms with E-state index in [-0.39, 0.29) is 18.1 Å². The van der Waals surface area contributed by atoms with Crippen molar-refractivity contribution >= 4 is 15.7 Å². The number of carbonyl (C=O) groups excluding carboxylic acids is 1. The van der Waals surface area contributed by atoms with E-state index in [1.807, 2.05) is 24.3 Å². The molecule has 31 heavy (non-hydrogen) atoms. The van der Waals surface area contributed by atoms with E-state index in [0.717, 1.165) is 17.5 Å². The molecule has 0 unspecified atom stereocenters. The molecule has 0 atom stereocenters. The van der Waals surface area contributed by atoms with Crippen LogP contribution in [0.25, 0.3) is 11.5 Å². The normalized spacial score (nSPS) is 11.5. The molecule has 164 valence electrons. The van der Waals surface area contributed by atoms with Crippen molar-refractivity contribution in [1.82, 2.24) is 10.3 Å². The van der Waals surface area contributed by atoms with Crippen molar-refractivity contribution in [2.75, 3.05) is 12.3 Å². The zero-order valence-corrected chi connectivity index (χ0v) is 18.3. The minimum atomic E-state index is -3.72. The maximum atomic E-state index is 12.9. The molecule has 3 aromatic rings. The van der Waals surface area contributed by atoms with Gasteiger partial charge in [-0.15, -0.1) is 0 Å². The summed E-state index contributed by atoms with van der Waals surface area (Å²) >= 11 is 0. The Labute approximate surface area is 181 Å². The van der Waals surface area contributed by atoms with Crippen LogP contribution in [0.2, 0.25) is 0 Å². The molecule has 3 rings (SSSR count). The summed E-state index contributed by atoms with van der Waals surface area (Å²) in [7, 11) is -3.72. The van der Waals surface area contributed by atoms with Gasteiger partial charge in [0.25, 0.3) is 0 Å². The second kappa shape index (κ2) is 9.87. The minimum absolute atomic E-state index is 0.265. The third-order valence-corrected chi connectivity index (χ3v) is 6.27. The second-order valence-electron chi connectivity index (χ2n) is 7.33. The molecule has 0 fully saturated rings. The maximum absolute atomic E-state index is 12.9. The van der Waals surface area contributed by atoms with Crippen LogP contribution in [0, 0.1) is 12.7 Å². The number of hydrogen-bond donors (Lipinski definition) is 1. The fraction of sp³-hybridized carbons (Fsp3) is 0.304. The van der Waals surface area contributed by atoms with Gasteiger partial charge in [0.2, 0.25) is 11.8 Å². The highest BCUT2D eigenvalue weighted by Gasteiger charge is 2.22. The van der Waals surface area contributed by atoms with Crippen molar-refractivity contribution in [3.63, 3.8) is 0 Å². The number of nitrogens with zero attached hydrogens (tertiary/aromatic N) is 1. The molecular weight excluding hydrogens is 419 g/mol. The summed E-state index contributed by atoms with van der Waals surface area (Å²) < 4.78 is 43.5. The van der Waals surface area contributed by atoms with E-state index in [1.165, 1.54) is 17.7 Å². The SMILES string of the molecule is CCc1ccc(-c2nc(CS(=O)(=O)CC(=O)NCCc3ccc(F)cc3)c(C)o2)cc1. The van der Waals surface area contributed by atoms with Crippen LogP contribution in [-0.2, 0) is 33.2 Å². The number of sulfone groups is 1. The Kier molecular flexibility index (Phi) is 7.22. The van der Waals surface area contributed by atoms with Crippen LogP contribution in [0.4, 0.5) is 4.39 Å². The topological polar surface area (TPSA) is 89.3 Å². The highest BCUT2D eigenvalue weighted by atomic mass is 32.2. The van der Waals surface area contributed by atoms with Crippen LogP contribution in [-0.4, -0.2) is 31.6 Å². The summed E-state index contributed by atoms with van der Waals surface area (Å²) in [5.41, 5.74) is 3.10. The lowest BCUT2D eigenvalue weighted by Gasteiger charge is -2.06. The monoisotopic (exact) mass is 444 g/mol. The molecule has 0 saturated heterocycles. The molecule has 0 radical (unpaired) electrons. The number of halogens is 1. The van der Waals surface area contributed by atoms with Crippen LogP contribution in [0.15, 0.2) is 52.9 Å². The highest BCUT2D eigenvalue weighted by molar-refractivity contribution is 7.91. The van der Waals surface area contributed by atoms with Gasteiger partial charge in [-0.3, -0.25) is 4.79 Å². The predicted octanol–water partition coefficient (Wildman–Crippen LogP) is 3.63. The van der Waals surface area contributed by atoms with E-state index in [0.29, 0.717) is 23.8 Å². The van der Waals surface area contributed by atoms with E-state index in [9.17, 15) is 17.6 Å². The fourth-order valence-electron chi connectivity index (χ4n) is 3.08. The summed E-state index contributed by atoms with van der Waals surface area (Å²) in [6, 6.07) is 13.7. The molecule has 0 aliphatic heterocycles. The molecule has 2 aromatic carbocycles. The van der Waals surface area contributed by atoms with Crippen molar-refractivity contribution in [3.05, 3.63) is 76.9 Å². The van der Waals surface area contributed by atoms with Gasteiger partial charge < -0.3 is 9.73 Å². The molecule has 0 saturated carbocycles.